The van der Waals surface area contributed by atoms with Crippen molar-refractivity contribution in [3.63, 3.8) is 0 Å². The summed E-state index contributed by atoms with van der Waals surface area (Å²) in [6.07, 6.45) is 1.19. The average molecular weight is 360 g/mol. The van der Waals surface area contributed by atoms with E-state index in [1.807, 2.05) is 0 Å². The topological polar surface area (TPSA) is 72.4 Å². The lowest BCUT2D eigenvalue weighted by Crippen LogP contribution is -2.41. The number of aromatic nitrogens is 2. The van der Waals surface area contributed by atoms with E-state index in [-0.39, 0.29) is 16.0 Å². The molecule has 0 atom stereocenters. The molecule has 0 radical (unpaired) electrons. The Morgan fingerprint density at radius 1 is 1.27 bits per heavy atom. The molecule has 0 amide bonds. The molecular formula is C13H14ClN3O3S2. The molecule has 2 heterocycles. The van der Waals surface area contributed by atoms with Gasteiger partial charge in [0.05, 0.1) is 5.02 Å². The number of hydrogen-bond acceptors (Lipinski definition) is 6. The summed E-state index contributed by atoms with van der Waals surface area (Å²) in [7, 11) is -3.56. The molecule has 1 aliphatic heterocycles. The molecule has 1 fully saturated rings. The molecule has 1 aromatic carbocycles. The Morgan fingerprint density at radius 2 is 2.00 bits per heavy atom. The largest absolute Gasteiger partial charge is 0.466 e. The van der Waals surface area contributed by atoms with Crippen LogP contribution >= 0.6 is 22.9 Å². The minimum atomic E-state index is -3.56. The quantitative estimate of drug-likeness (QED) is 0.838. The van der Waals surface area contributed by atoms with Crippen LogP contribution in [-0.4, -0.2) is 42.1 Å². The fourth-order valence-corrected chi connectivity index (χ4v) is 4.77. The van der Waals surface area contributed by atoms with E-state index in [2.05, 4.69) is 10.2 Å². The van der Waals surface area contributed by atoms with Crippen molar-refractivity contribution in [2.75, 3.05) is 13.1 Å². The molecule has 22 heavy (non-hydrogen) atoms. The molecule has 1 aliphatic rings. The second kappa shape index (κ2) is 6.49. The van der Waals surface area contributed by atoms with E-state index in [0.717, 1.165) is 0 Å². The summed E-state index contributed by atoms with van der Waals surface area (Å²) in [6, 6.07) is 6.49. The number of piperidine rings is 1. The molecule has 6 nitrogen and oxygen atoms in total. The summed E-state index contributed by atoms with van der Waals surface area (Å²) < 4.78 is 32.4. The van der Waals surface area contributed by atoms with Gasteiger partial charge in [0.15, 0.2) is 0 Å². The molecule has 0 N–H and O–H groups in total. The molecule has 0 unspecified atom stereocenters. The number of hydrogen-bond donors (Lipinski definition) is 0. The van der Waals surface area contributed by atoms with E-state index in [1.54, 1.807) is 23.7 Å². The molecule has 1 saturated heterocycles. The predicted octanol–water partition coefficient (Wildman–Crippen LogP) is 2.42. The summed E-state index contributed by atoms with van der Waals surface area (Å²) in [6.45, 7) is 0.800. The monoisotopic (exact) mass is 359 g/mol. The molecule has 0 aliphatic carbocycles. The van der Waals surface area contributed by atoms with Gasteiger partial charge in [0.1, 0.15) is 16.5 Å². The van der Waals surface area contributed by atoms with Gasteiger partial charge in [0.2, 0.25) is 10.0 Å². The van der Waals surface area contributed by atoms with E-state index < -0.39 is 10.0 Å². The highest BCUT2D eigenvalue weighted by Crippen LogP contribution is 2.27. The van der Waals surface area contributed by atoms with Crippen LogP contribution in [0.1, 0.15) is 12.8 Å². The molecule has 2 aromatic rings. The van der Waals surface area contributed by atoms with Gasteiger partial charge in [-0.3, -0.25) is 0 Å². The van der Waals surface area contributed by atoms with Crippen LogP contribution in [0.4, 0.5) is 0 Å². The summed E-state index contributed by atoms with van der Waals surface area (Å²) in [4.78, 5) is 0.153. The van der Waals surface area contributed by atoms with Gasteiger partial charge in [-0.15, -0.1) is 10.2 Å². The average Bonchev–Trinajstić information content (AvgIpc) is 3.01. The van der Waals surface area contributed by atoms with Crippen molar-refractivity contribution >= 4 is 33.0 Å². The lowest BCUT2D eigenvalue weighted by molar-refractivity contribution is 0.134. The Bertz CT molecular complexity index is 729. The number of nitrogens with zero attached hydrogens (tertiary/aromatic N) is 3. The maximum atomic E-state index is 12.6. The van der Waals surface area contributed by atoms with E-state index in [0.29, 0.717) is 31.1 Å². The number of sulfonamides is 1. The highest BCUT2D eigenvalue weighted by molar-refractivity contribution is 7.89. The van der Waals surface area contributed by atoms with Crippen LogP contribution in [0, 0.1) is 0 Å². The lowest BCUT2D eigenvalue weighted by Gasteiger charge is -2.30. The van der Waals surface area contributed by atoms with E-state index in [1.165, 1.54) is 21.7 Å². The minimum absolute atomic E-state index is 0.0364. The zero-order valence-electron chi connectivity index (χ0n) is 11.6. The van der Waals surface area contributed by atoms with Gasteiger partial charge in [-0.1, -0.05) is 35.1 Å². The number of ether oxygens (including phenoxy) is 1. The predicted molar refractivity (Wildman–Crippen MR) is 83.8 cm³/mol. The van der Waals surface area contributed by atoms with Gasteiger partial charge in [-0.25, -0.2) is 8.42 Å². The first-order chi connectivity index (χ1) is 10.6. The highest BCUT2D eigenvalue weighted by Gasteiger charge is 2.31. The van der Waals surface area contributed by atoms with Gasteiger partial charge in [0.25, 0.3) is 5.19 Å². The van der Waals surface area contributed by atoms with Crippen molar-refractivity contribution in [1.82, 2.24) is 14.5 Å². The molecule has 1 aromatic heterocycles. The normalized spacial score (nSPS) is 17.5. The second-order valence-corrected chi connectivity index (χ2v) is 7.97. The second-order valence-electron chi connectivity index (χ2n) is 4.86. The van der Waals surface area contributed by atoms with Crippen molar-refractivity contribution in [1.29, 1.82) is 0 Å². The number of halogens is 1. The zero-order valence-corrected chi connectivity index (χ0v) is 13.9. The number of rotatable bonds is 4. The van der Waals surface area contributed by atoms with Crippen LogP contribution in [0.3, 0.4) is 0 Å². The lowest BCUT2D eigenvalue weighted by atomic mass is 10.1. The molecule has 118 valence electrons. The third-order valence-electron chi connectivity index (χ3n) is 3.46. The smallest absolute Gasteiger partial charge is 0.294 e. The fourth-order valence-electron chi connectivity index (χ4n) is 2.34. The van der Waals surface area contributed by atoms with Crippen molar-refractivity contribution in [3.8, 4) is 5.19 Å². The fraction of sp³-hybridized carbons (Fsp3) is 0.385. The Kier molecular flexibility index (Phi) is 4.62. The van der Waals surface area contributed by atoms with Gasteiger partial charge in [-0.05, 0) is 25.0 Å². The van der Waals surface area contributed by atoms with Gasteiger partial charge in [0, 0.05) is 13.1 Å². The van der Waals surface area contributed by atoms with Crippen LogP contribution in [0.15, 0.2) is 34.7 Å². The van der Waals surface area contributed by atoms with Gasteiger partial charge < -0.3 is 4.74 Å². The SMILES string of the molecule is O=S(=O)(c1ccccc1Cl)N1CCC(Oc2nncs2)CC1. The molecular weight excluding hydrogens is 346 g/mol. The molecule has 0 bridgehead atoms. The standard InChI is InChI=1S/C13H14ClN3O3S2/c14-11-3-1-2-4-12(11)22(18,19)17-7-5-10(6-8-17)20-13-16-15-9-21-13/h1-4,9-10H,5-8H2. The van der Waals surface area contributed by atoms with E-state index >= 15 is 0 Å². The first-order valence-corrected chi connectivity index (χ1v) is 9.44. The minimum Gasteiger partial charge on any atom is -0.466 e. The van der Waals surface area contributed by atoms with Crippen LogP contribution in [0.2, 0.25) is 5.02 Å². The van der Waals surface area contributed by atoms with Crippen LogP contribution < -0.4 is 4.74 Å². The Balaban J connectivity index is 1.67. The summed E-state index contributed by atoms with van der Waals surface area (Å²) in [5.74, 6) is 0. The Hall–Kier alpha value is -1.22. The van der Waals surface area contributed by atoms with Crippen molar-refractivity contribution in [2.24, 2.45) is 0 Å². The van der Waals surface area contributed by atoms with Crippen molar-refractivity contribution < 1.29 is 13.2 Å². The van der Waals surface area contributed by atoms with E-state index in [9.17, 15) is 8.42 Å². The summed E-state index contributed by atoms with van der Waals surface area (Å²) in [5, 5.41) is 8.31. The maximum absolute atomic E-state index is 12.6. The summed E-state index contributed by atoms with van der Waals surface area (Å²) in [5.41, 5.74) is 1.60. The Morgan fingerprint density at radius 3 is 2.64 bits per heavy atom. The van der Waals surface area contributed by atoms with Gasteiger partial charge >= 0.3 is 0 Å². The summed E-state index contributed by atoms with van der Waals surface area (Å²) >= 11 is 7.34. The molecule has 3 rings (SSSR count). The third-order valence-corrected chi connectivity index (χ3v) is 6.44. The number of benzene rings is 1. The van der Waals surface area contributed by atoms with Gasteiger partial charge in [-0.2, -0.15) is 4.31 Å². The molecule has 0 saturated carbocycles. The van der Waals surface area contributed by atoms with Crippen LogP contribution in [-0.2, 0) is 10.0 Å². The van der Waals surface area contributed by atoms with Crippen molar-refractivity contribution in [2.45, 2.75) is 23.8 Å². The highest BCUT2D eigenvalue weighted by atomic mass is 35.5. The Labute approximate surface area is 137 Å². The molecule has 0 spiro atoms. The maximum Gasteiger partial charge on any atom is 0.294 e. The first kappa shape index (κ1) is 15.7. The van der Waals surface area contributed by atoms with Crippen molar-refractivity contribution in [3.05, 3.63) is 34.8 Å². The first-order valence-electron chi connectivity index (χ1n) is 6.75. The van der Waals surface area contributed by atoms with Crippen LogP contribution in [0.25, 0.3) is 0 Å². The molecule has 9 heteroatoms. The van der Waals surface area contributed by atoms with Crippen LogP contribution in [0.5, 0.6) is 5.19 Å². The third kappa shape index (κ3) is 3.24. The zero-order chi connectivity index (χ0) is 15.6. The van der Waals surface area contributed by atoms with E-state index in [4.69, 9.17) is 16.3 Å².